The fourth-order valence-electron chi connectivity index (χ4n) is 2.43. The van der Waals surface area contributed by atoms with E-state index in [4.69, 9.17) is 5.11 Å². The van der Waals surface area contributed by atoms with Crippen molar-refractivity contribution < 1.29 is 18.7 Å². The van der Waals surface area contributed by atoms with Crippen LogP contribution in [-0.4, -0.2) is 29.1 Å². The van der Waals surface area contributed by atoms with Crippen molar-refractivity contribution in [3.63, 3.8) is 0 Å². The van der Waals surface area contributed by atoms with E-state index in [1.54, 1.807) is 11.8 Å². The van der Waals surface area contributed by atoms with Gasteiger partial charge in [-0.25, -0.2) is 8.78 Å². The number of aliphatic carboxylic acids is 1. The molecular formula is C13H15F2NO2. The van der Waals surface area contributed by atoms with Crippen LogP contribution < -0.4 is 0 Å². The molecule has 5 heteroatoms. The van der Waals surface area contributed by atoms with Crippen molar-refractivity contribution in [1.29, 1.82) is 0 Å². The molecule has 98 valence electrons. The molecule has 0 saturated carbocycles. The van der Waals surface area contributed by atoms with E-state index in [-0.39, 0.29) is 5.56 Å². The van der Waals surface area contributed by atoms with Gasteiger partial charge in [-0.2, -0.15) is 0 Å². The average Bonchev–Trinajstić information content (AvgIpc) is 2.77. The van der Waals surface area contributed by atoms with Crippen molar-refractivity contribution in [2.24, 2.45) is 5.92 Å². The van der Waals surface area contributed by atoms with Crippen molar-refractivity contribution in [1.82, 2.24) is 4.90 Å². The van der Waals surface area contributed by atoms with Crippen LogP contribution in [0.1, 0.15) is 24.9 Å². The molecule has 2 atom stereocenters. The van der Waals surface area contributed by atoms with Gasteiger partial charge in [0, 0.05) is 18.2 Å². The quantitative estimate of drug-likeness (QED) is 0.901. The lowest BCUT2D eigenvalue weighted by Crippen LogP contribution is -2.27. The van der Waals surface area contributed by atoms with Gasteiger partial charge in [0.05, 0.1) is 5.92 Å². The molecule has 2 rings (SSSR count). The third kappa shape index (κ3) is 2.36. The molecule has 3 nitrogen and oxygen atoms in total. The molecule has 1 aromatic rings. The standard InChI is InChI=1S/C13H15F2NO2/c1-8(12-10(14)3-2-4-11(12)15)16-6-5-9(7-16)13(17)18/h2-4,8-9H,5-7H2,1H3,(H,17,18)/t8-,9+/m0/s1. The minimum Gasteiger partial charge on any atom is -0.481 e. The maximum absolute atomic E-state index is 13.6. The Labute approximate surface area is 104 Å². The SMILES string of the molecule is C[C@@H](c1c(F)cccc1F)N1CC[C@@H](C(=O)O)C1. The fraction of sp³-hybridized carbons (Fsp3) is 0.462. The predicted octanol–water partition coefficient (Wildman–Crippen LogP) is 2.43. The van der Waals surface area contributed by atoms with Crippen LogP contribution in [0.3, 0.4) is 0 Å². The van der Waals surface area contributed by atoms with Gasteiger partial charge >= 0.3 is 5.97 Å². The van der Waals surface area contributed by atoms with Crippen LogP contribution in [0.25, 0.3) is 0 Å². The second-order valence-electron chi connectivity index (χ2n) is 4.63. The Morgan fingerprint density at radius 1 is 1.44 bits per heavy atom. The normalized spacial score (nSPS) is 22.1. The Hall–Kier alpha value is -1.49. The van der Waals surface area contributed by atoms with E-state index in [1.165, 1.54) is 18.2 Å². The second-order valence-corrected chi connectivity index (χ2v) is 4.63. The van der Waals surface area contributed by atoms with E-state index in [0.717, 1.165) is 0 Å². The van der Waals surface area contributed by atoms with E-state index >= 15 is 0 Å². The predicted molar refractivity (Wildman–Crippen MR) is 62.1 cm³/mol. The van der Waals surface area contributed by atoms with Gasteiger partial charge in [0.2, 0.25) is 0 Å². The first-order valence-electron chi connectivity index (χ1n) is 5.91. The minimum atomic E-state index is -0.848. The number of hydrogen-bond acceptors (Lipinski definition) is 2. The first-order chi connectivity index (χ1) is 8.50. The highest BCUT2D eigenvalue weighted by Crippen LogP contribution is 2.30. The van der Waals surface area contributed by atoms with Crippen LogP contribution in [-0.2, 0) is 4.79 Å². The third-order valence-electron chi connectivity index (χ3n) is 3.53. The topological polar surface area (TPSA) is 40.5 Å². The summed E-state index contributed by atoms with van der Waals surface area (Å²) in [7, 11) is 0. The van der Waals surface area contributed by atoms with Crippen molar-refractivity contribution in [2.75, 3.05) is 13.1 Å². The zero-order chi connectivity index (χ0) is 13.3. The molecule has 0 amide bonds. The summed E-state index contributed by atoms with van der Waals surface area (Å²) in [6.07, 6.45) is 0.524. The summed E-state index contributed by atoms with van der Waals surface area (Å²) in [6, 6.07) is 3.32. The van der Waals surface area contributed by atoms with Crippen LogP contribution in [0.4, 0.5) is 8.78 Å². The number of likely N-dealkylation sites (tertiary alicyclic amines) is 1. The van der Waals surface area contributed by atoms with E-state index in [2.05, 4.69) is 0 Å². The lowest BCUT2D eigenvalue weighted by atomic mass is 10.1. The van der Waals surface area contributed by atoms with Gasteiger partial charge in [0.1, 0.15) is 11.6 Å². The zero-order valence-electron chi connectivity index (χ0n) is 10.1. The molecule has 0 unspecified atom stereocenters. The Bertz CT molecular complexity index is 444. The van der Waals surface area contributed by atoms with Crippen LogP contribution in [0.15, 0.2) is 18.2 Å². The van der Waals surface area contributed by atoms with E-state index in [0.29, 0.717) is 19.5 Å². The summed E-state index contributed by atoms with van der Waals surface area (Å²) >= 11 is 0. The molecule has 0 radical (unpaired) electrons. The van der Waals surface area contributed by atoms with Gasteiger partial charge in [-0.3, -0.25) is 9.69 Å². The number of carboxylic acid groups (broad SMARTS) is 1. The second kappa shape index (κ2) is 5.02. The lowest BCUT2D eigenvalue weighted by molar-refractivity contribution is -0.141. The highest BCUT2D eigenvalue weighted by atomic mass is 19.1. The molecule has 1 heterocycles. The Kier molecular flexibility index (Phi) is 3.61. The van der Waals surface area contributed by atoms with Crippen LogP contribution in [0.5, 0.6) is 0 Å². The molecule has 1 aliphatic rings. The number of halogens is 2. The first kappa shape index (κ1) is 13.0. The fourth-order valence-corrected chi connectivity index (χ4v) is 2.43. The molecule has 1 saturated heterocycles. The minimum absolute atomic E-state index is 0.0172. The number of rotatable bonds is 3. The van der Waals surface area contributed by atoms with Gasteiger partial charge in [0.15, 0.2) is 0 Å². The van der Waals surface area contributed by atoms with Crippen LogP contribution in [0.2, 0.25) is 0 Å². The van der Waals surface area contributed by atoms with Gasteiger partial charge in [0.25, 0.3) is 0 Å². The monoisotopic (exact) mass is 255 g/mol. The molecular weight excluding hydrogens is 240 g/mol. The maximum atomic E-state index is 13.6. The van der Waals surface area contributed by atoms with Crippen molar-refractivity contribution in [3.05, 3.63) is 35.4 Å². The Morgan fingerprint density at radius 2 is 2.06 bits per heavy atom. The number of carboxylic acids is 1. The summed E-state index contributed by atoms with van der Waals surface area (Å²) in [5.74, 6) is -2.46. The maximum Gasteiger partial charge on any atom is 0.307 e. The highest BCUT2D eigenvalue weighted by molar-refractivity contribution is 5.70. The molecule has 18 heavy (non-hydrogen) atoms. The van der Waals surface area contributed by atoms with Crippen LogP contribution >= 0.6 is 0 Å². The molecule has 1 aromatic carbocycles. The number of hydrogen-bond donors (Lipinski definition) is 1. The highest BCUT2D eigenvalue weighted by Gasteiger charge is 2.32. The van der Waals surface area contributed by atoms with Crippen molar-refractivity contribution in [2.45, 2.75) is 19.4 Å². The molecule has 0 aromatic heterocycles. The Morgan fingerprint density at radius 3 is 2.56 bits per heavy atom. The van der Waals surface area contributed by atoms with Gasteiger partial charge in [-0.15, -0.1) is 0 Å². The van der Waals surface area contributed by atoms with Crippen molar-refractivity contribution >= 4 is 5.97 Å². The smallest absolute Gasteiger partial charge is 0.307 e. The van der Waals surface area contributed by atoms with Gasteiger partial charge < -0.3 is 5.11 Å². The lowest BCUT2D eigenvalue weighted by Gasteiger charge is -2.25. The molecule has 0 spiro atoms. The molecule has 0 aliphatic carbocycles. The summed E-state index contributed by atoms with van der Waals surface area (Å²) in [5, 5.41) is 8.92. The first-order valence-corrected chi connectivity index (χ1v) is 5.91. The molecule has 1 N–H and O–H groups in total. The molecule has 1 fully saturated rings. The third-order valence-corrected chi connectivity index (χ3v) is 3.53. The summed E-state index contributed by atoms with van der Waals surface area (Å²) in [4.78, 5) is 12.7. The largest absolute Gasteiger partial charge is 0.481 e. The zero-order valence-corrected chi connectivity index (χ0v) is 10.1. The summed E-state index contributed by atoms with van der Waals surface area (Å²) in [6.45, 7) is 2.59. The van der Waals surface area contributed by atoms with Gasteiger partial charge in [-0.1, -0.05) is 6.07 Å². The van der Waals surface area contributed by atoms with Crippen LogP contribution in [0, 0.1) is 17.6 Å². The average molecular weight is 255 g/mol. The number of benzene rings is 1. The molecule has 0 bridgehead atoms. The Balaban J connectivity index is 2.18. The number of carbonyl (C=O) groups is 1. The van der Waals surface area contributed by atoms with Crippen molar-refractivity contribution in [3.8, 4) is 0 Å². The summed E-state index contributed by atoms with van der Waals surface area (Å²) in [5.41, 5.74) is 0.0172. The summed E-state index contributed by atoms with van der Waals surface area (Å²) < 4.78 is 27.3. The number of nitrogens with zero attached hydrogens (tertiary/aromatic N) is 1. The van der Waals surface area contributed by atoms with E-state index in [1.807, 2.05) is 0 Å². The molecule has 1 aliphatic heterocycles. The van der Waals surface area contributed by atoms with Gasteiger partial charge in [-0.05, 0) is 32.0 Å². The van der Waals surface area contributed by atoms with E-state index in [9.17, 15) is 13.6 Å². The van der Waals surface area contributed by atoms with E-state index < -0.39 is 29.6 Å².